The number of unbranched alkanes of at least 4 members (excludes halogenated alkanes) is 1. The minimum absolute atomic E-state index is 0.000463. The average Bonchev–Trinajstić information content (AvgIpc) is 2.39. The van der Waals surface area contributed by atoms with E-state index < -0.39 is 5.41 Å². The van der Waals surface area contributed by atoms with Crippen LogP contribution in [0.4, 0.5) is 5.69 Å². The summed E-state index contributed by atoms with van der Waals surface area (Å²) in [6, 6.07) is 7.49. The van der Waals surface area contributed by atoms with Crippen molar-refractivity contribution in [2.75, 3.05) is 18.2 Å². The van der Waals surface area contributed by atoms with E-state index in [0.717, 1.165) is 18.4 Å². The standard InChI is InChI=1S/C15H23ClN2O/c1-3-4-11-18-14(19)15(2,9-10-16)12-7-5-6-8-13(12)17/h5-8H,3-4,9-11,17H2,1-2H3,(H,18,19). The van der Waals surface area contributed by atoms with Crippen molar-refractivity contribution in [2.24, 2.45) is 0 Å². The molecule has 3 nitrogen and oxygen atoms in total. The van der Waals surface area contributed by atoms with Crippen molar-refractivity contribution in [3.8, 4) is 0 Å². The Bertz CT molecular complexity index is 422. The summed E-state index contributed by atoms with van der Waals surface area (Å²) < 4.78 is 0. The lowest BCUT2D eigenvalue weighted by Gasteiger charge is -2.29. The normalized spacial score (nSPS) is 13.8. The van der Waals surface area contributed by atoms with Crippen LogP contribution in [-0.4, -0.2) is 18.3 Å². The van der Waals surface area contributed by atoms with Gasteiger partial charge in [-0.1, -0.05) is 31.5 Å². The number of amides is 1. The molecule has 0 radical (unpaired) electrons. The molecule has 3 N–H and O–H groups in total. The Morgan fingerprint density at radius 2 is 2.11 bits per heavy atom. The van der Waals surface area contributed by atoms with Gasteiger partial charge in [-0.15, -0.1) is 11.6 Å². The van der Waals surface area contributed by atoms with Crippen molar-refractivity contribution < 1.29 is 4.79 Å². The van der Waals surface area contributed by atoms with Crippen LogP contribution in [0.25, 0.3) is 0 Å². The third-order valence-corrected chi connectivity index (χ3v) is 3.66. The first-order valence-electron chi connectivity index (χ1n) is 6.75. The molecule has 106 valence electrons. The summed E-state index contributed by atoms with van der Waals surface area (Å²) in [5.74, 6) is 0.422. The molecule has 1 amide bonds. The van der Waals surface area contributed by atoms with Crippen LogP contribution in [0.3, 0.4) is 0 Å². The van der Waals surface area contributed by atoms with E-state index in [-0.39, 0.29) is 5.91 Å². The average molecular weight is 283 g/mol. The largest absolute Gasteiger partial charge is 0.398 e. The molecule has 1 rings (SSSR count). The van der Waals surface area contributed by atoms with Crippen LogP contribution in [0.5, 0.6) is 0 Å². The van der Waals surface area contributed by atoms with Gasteiger partial charge in [-0.3, -0.25) is 4.79 Å². The number of halogens is 1. The van der Waals surface area contributed by atoms with Crippen molar-refractivity contribution >= 4 is 23.2 Å². The fraction of sp³-hybridized carbons (Fsp3) is 0.533. The molecular formula is C15H23ClN2O. The molecule has 0 saturated carbocycles. The third-order valence-electron chi connectivity index (χ3n) is 3.47. The molecule has 0 spiro atoms. The van der Waals surface area contributed by atoms with E-state index in [1.54, 1.807) is 0 Å². The maximum atomic E-state index is 12.5. The number of hydrogen-bond donors (Lipinski definition) is 2. The SMILES string of the molecule is CCCCNC(=O)C(C)(CCCl)c1ccccc1N. The summed E-state index contributed by atoms with van der Waals surface area (Å²) in [5, 5.41) is 2.98. The van der Waals surface area contributed by atoms with E-state index in [1.807, 2.05) is 31.2 Å². The monoisotopic (exact) mass is 282 g/mol. The van der Waals surface area contributed by atoms with Crippen molar-refractivity contribution in [1.29, 1.82) is 0 Å². The van der Waals surface area contributed by atoms with E-state index in [1.165, 1.54) is 0 Å². The maximum Gasteiger partial charge on any atom is 0.230 e. The Hall–Kier alpha value is -1.22. The zero-order valence-electron chi connectivity index (χ0n) is 11.7. The number of hydrogen-bond acceptors (Lipinski definition) is 2. The van der Waals surface area contributed by atoms with Crippen LogP contribution < -0.4 is 11.1 Å². The molecule has 1 unspecified atom stereocenters. The summed E-state index contributed by atoms with van der Waals surface area (Å²) >= 11 is 5.87. The number of nitrogen functional groups attached to an aromatic ring is 1. The third kappa shape index (κ3) is 3.87. The van der Waals surface area contributed by atoms with Crippen LogP contribution in [-0.2, 0) is 10.2 Å². The summed E-state index contributed by atoms with van der Waals surface area (Å²) in [6.07, 6.45) is 2.60. The van der Waals surface area contributed by atoms with E-state index >= 15 is 0 Å². The van der Waals surface area contributed by atoms with Gasteiger partial charge in [0.25, 0.3) is 0 Å². The van der Waals surface area contributed by atoms with Gasteiger partial charge in [0.15, 0.2) is 0 Å². The molecule has 0 fully saturated rings. The summed E-state index contributed by atoms with van der Waals surface area (Å²) in [6.45, 7) is 4.70. The molecular weight excluding hydrogens is 260 g/mol. The van der Waals surface area contributed by atoms with Crippen LogP contribution in [0.15, 0.2) is 24.3 Å². The molecule has 0 saturated heterocycles. The molecule has 0 bridgehead atoms. The van der Waals surface area contributed by atoms with Crippen LogP contribution in [0.1, 0.15) is 38.7 Å². The van der Waals surface area contributed by atoms with E-state index in [0.29, 0.717) is 24.5 Å². The second-order valence-electron chi connectivity index (χ2n) is 4.97. The summed E-state index contributed by atoms with van der Waals surface area (Å²) in [4.78, 5) is 12.5. The fourth-order valence-corrected chi connectivity index (χ4v) is 2.51. The molecule has 0 aromatic heterocycles. The van der Waals surface area contributed by atoms with E-state index in [2.05, 4.69) is 12.2 Å². The molecule has 1 atom stereocenters. The number of nitrogens with one attached hydrogen (secondary N) is 1. The fourth-order valence-electron chi connectivity index (χ4n) is 2.13. The van der Waals surface area contributed by atoms with Gasteiger partial charge < -0.3 is 11.1 Å². The number of para-hydroxylation sites is 1. The quantitative estimate of drug-likeness (QED) is 0.459. The molecule has 0 aliphatic heterocycles. The van der Waals surface area contributed by atoms with Crippen molar-refractivity contribution in [3.05, 3.63) is 29.8 Å². The molecule has 19 heavy (non-hydrogen) atoms. The Balaban J connectivity index is 2.96. The zero-order chi connectivity index (χ0) is 14.3. The predicted octanol–water partition coefficient (Wildman–Crippen LogP) is 3.07. The van der Waals surface area contributed by atoms with Gasteiger partial charge in [-0.2, -0.15) is 0 Å². The number of benzene rings is 1. The summed E-state index contributed by atoms with van der Waals surface area (Å²) in [5.41, 5.74) is 6.83. The van der Waals surface area contributed by atoms with Crippen molar-refractivity contribution in [3.63, 3.8) is 0 Å². The highest BCUT2D eigenvalue weighted by Crippen LogP contribution is 2.32. The Kier molecular flexibility index (Phi) is 6.16. The molecule has 0 aliphatic carbocycles. The predicted molar refractivity (Wildman–Crippen MR) is 81.5 cm³/mol. The van der Waals surface area contributed by atoms with Crippen molar-refractivity contribution in [2.45, 2.75) is 38.5 Å². The first-order valence-corrected chi connectivity index (χ1v) is 7.29. The van der Waals surface area contributed by atoms with E-state index in [4.69, 9.17) is 17.3 Å². The van der Waals surface area contributed by atoms with Crippen molar-refractivity contribution in [1.82, 2.24) is 5.32 Å². The number of anilines is 1. The Morgan fingerprint density at radius 3 is 2.68 bits per heavy atom. The smallest absolute Gasteiger partial charge is 0.230 e. The molecule has 1 aromatic rings. The number of alkyl halides is 1. The summed E-state index contributed by atoms with van der Waals surface area (Å²) in [7, 11) is 0. The highest BCUT2D eigenvalue weighted by molar-refractivity contribution is 6.18. The first-order chi connectivity index (χ1) is 9.06. The van der Waals surface area contributed by atoms with Gasteiger partial charge >= 0.3 is 0 Å². The molecule has 4 heteroatoms. The number of carbonyl (C=O) groups is 1. The minimum atomic E-state index is -0.666. The number of nitrogens with two attached hydrogens (primary N) is 1. The lowest BCUT2D eigenvalue weighted by Crippen LogP contribution is -2.43. The highest BCUT2D eigenvalue weighted by atomic mass is 35.5. The lowest BCUT2D eigenvalue weighted by molar-refractivity contribution is -0.126. The zero-order valence-corrected chi connectivity index (χ0v) is 12.5. The van der Waals surface area contributed by atoms with Gasteiger partial charge in [-0.25, -0.2) is 0 Å². The van der Waals surface area contributed by atoms with Gasteiger partial charge in [0, 0.05) is 18.1 Å². The Morgan fingerprint density at radius 1 is 1.42 bits per heavy atom. The lowest BCUT2D eigenvalue weighted by atomic mass is 9.78. The molecule has 0 aliphatic rings. The van der Waals surface area contributed by atoms with Gasteiger partial charge in [0.05, 0.1) is 5.41 Å². The second kappa shape index (κ2) is 7.39. The van der Waals surface area contributed by atoms with Gasteiger partial charge in [-0.05, 0) is 31.4 Å². The maximum absolute atomic E-state index is 12.5. The van der Waals surface area contributed by atoms with Crippen LogP contribution in [0.2, 0.25) is 0 Å². The minimum Gasteiger partial charge on any atom is -0.398 e. The number of rotatable bonds is 7. The van der Waals surface area contributed by atoms with Gasteiger partial charge in [0.2, 0.25) is 5.91 Å². The van der Waals surface area contributed by atoms with Gasteiger partial charge in [0.1, 0.15) is 0 Å². The first kappa shape index (κ1) is 15.8. The topological polar surface area (TPSA) is 55.1 Å². The molecule has 0 heterocycles. The highest BCUT2D eigenvalue weighted by Gasteiger charge is 2.35. The van der Waals surface area contributed by atoms with Crippen LogP contribution >= 0.6 is 11.6 Å². The van der Waals surface area contributed by atoms with Crippen LogP contribution in [0, 0.1) is 0 Å². The Labute approximate surface area is 120 Å². The second-order valence-corrected chi connectivity index (χ2v) is 5.35. The number of carbonyl (C=O) groups excluding carboxylic acids is 1. The molecule has 1 aromatic carbocycles. The van der Waals surface area contributed by atoms with E-state index in [9.17, 15) is 4.79 Å².